The van der Waals surface area contributed by atoms with E-state index in [2.05, 4.69) is 21.0 Å². The molecule has 1 aromatic heterocycles. The van der Waals surface area contributed by atoms with Gasteiger partial charge in [0.2, 0.25) is 10.0 Å². The molecule has 0 bridgehead atoms. The molecule has 1 fully saturated rings. The van der Waals surface area contributed by atoms with Crippen LogP contribution >= 0.6 is 0 Å². The maximum Gasteiger partial charge on any atom is 0.255 e. The van der Waals surface area contributed by atoms with Crippen LogP contribution in [0.5, 0.6) is 0 Å². The number of nitrogens with zero attached hydrogens (tertiary/aromatic N) is 2. The zero-order valence-corrected chi connectivity index (χ0v) is 18.2. The molecule has 0 atom stereocenters. The van der Waals surface area contributed by atoms with Crippen LogP contribution in [-0.2, 0) is 21.3 Å². The molecule has 9 heteroatoms. The Kier molecular flexibility index (Phi) is 6.10. The number of amides is 1. The summed E-state index contributed by atoms with van der Waals surface area (Å²) >= 11 is 0. The van der Waals surface area contributed by atoms with Gasteiger partial charge < -0.3 is 14.6 Å². The number of ether oxygens (including phenoxy) is 1. The van der Waals surface area contributed by atoms with Crippen molar-refractivity contribution in [3.63, 3.8) is 0 Å². The number of rotatable bonds is 6. The van der Waals surface area contributed by atoms with E-state index in [9.17, 15) is 13.2 Å². The smallest absolute Gasteiger partial charge is 0.255 e. The first kappa shape index (κ1) is 21.5. The van der Waals surface area contributed by atoms with Crippen LogP contribution in [0.15, 0.2) is 53.6 Å². The van der Waals surface area contributed by atoms with Gasteiger partial charge in [-0.1, -0.05) is 6.07 Å². The molecule has 1 saturated heterocycles. The summed E-state index contributed by atoms with van der Waals surface area (Å²) in [6, 6.07) is 12.1. The highest BCUT2D eigenvalue weighted by Gasteiger charge is 2.16. The van der Waals surface area contributed by atoms with E-state index < -0.39 is 10.0 Å². The number of anilines is 1. The number of aryl methyl sites for hydroxylation is 1. The number of hydrogen-bond acceptors (Lipinski definition) is 5. The number of benzene rings is 2. The minimum atomic E-state index is -3.88. The number of hydrogen-bond donors (Lipinski definition) is 2. The Morgan fingerprint density at radius 1 is 1.10 bits per heavy atom. The molecule has 0 saturated carbocycles. The van der Waals surface area contributed by atoms with E-state index in [-0.39, 0.29) is 16.4 Å². The van der Waals surface area contributed by atoms with E-state index in [0.29, 0.717) is 11.3 Å². The number of primary sulfonamides is 1. The van der Waals surface area contributed by atoms with E-state index >= 15 is 0 Å². The molecule has 0 unspecified atom stereocenters. The van der Waals surface area contributed by atoms with Crippen LogP contribution in [-0.4, -0.2) is 56.6 Å². The third-order valence-corrected chi connectivity index (χ3v) is 6.48. The third-order valence-electron chi connectivity index (χ3n) is 5.57. The summed E-state index contributed by atoms with van der Waals surface area (Å²) in [6.45, 7) is 7.09. The maximum absolute atomic E-state index is 12.8. The van der Waals surface area contributed by atoms with Crippen LogP contribution in [0.25, 0.3) is 10.9 Å². The lowest BCUT2D eigenvalue weighted by atomic mass is 10.1. The van der Waals surface area contributed by atoms with E-state index in [1.165, 1.54) is 12.1 Å². The first-order chi connectivity index (χ1) is 14.8. The summed E-state index contributed by atoms with van der Waals surface area (Å²) in [6.07, 6.45) is 2.05. The monoisotopic (exact) mass is 442 g/mol. The van der Waals surface area contributed by atoms with Crippen LogP contribution in [0.1, 0.15) is 15.9 Å². The fraction of sp³-hybridized carbons (Fsp3) is 0.318. The molecule has 164 valence electrons. The number of carbonyl (C=O) groups excluding carboxylic acids is 1. The lowest BCUT2D eigenvalue weighted by molar-refractivity contribution is 0.0365. The first-order valence-corrected chi connectivity index (χ1v) is 11.7. The summed E-state index contributed by atoms with van der Waals surface area (Å²) in [4.78, 5) is 15.1. The molecular weight excluding hydrogens is 416 g/mol. The SMILES string of the molecule is Cc1ccc(S(N)(=O)=O)cc1C(=O)Nc1ccc2c(ccn2CCN2CCOCC2)c1. The van der Waals surface area contributed by atoms with Gasteiger partial charge >= 0.3 is 0 Å². The zero-order chi connectivity index (χ0) is 22.0. The number of aromatic nitrogens is 1. The lowest BCUT2D eigenvalue weighted by Gasteiger charge is -2.26. The molecular formula is C22H26N4O4S. The largest absolute Gasteiger partial charge is 0.379 e. The molecule has 1 aliphatic rings. The average molecular weight is 443 g/mol. The Balaban J connectivity index is 1.49. The van der Waals surface area contributed by atoms with Gasteiger partial charge in [0.1, 0.15) is 0 Å². The Morgan fingerprint density at radius 2 is 1.87 bits per heavy atom. The molecule has 2 heterocycles. The number of carbonyl (C=O) groups is 1. The molecule has 0 spiro atoms. The van der Waals surface area contributed by atoms with Gasteiger partial charge in [0, 0.05) is 54.5 Å². The van der Waals surface area contributed by atoms with Gasteiger partial charge in [0.15, 0.2) is 0 Å². The van der Waals surface area contributed by atoms with Crippen molar-refractivity contribution in [3.05, 3.63) is 59.8 Å². The number of morpholine rings is 1. The number of nitrogens with one attached hydrogen (secondary N) is 1. The molecule has 1 aliphatic heterocycles. The van der Waals surface area contributed by atoms with Crippen molar-refractivity contribution in [3.8, 4) is 0 Å². The highest BCUT2D eigenvalue weighted by Crippen LogP contribution is 2.22. The number of sulfonamides is 1. The maximum atomic E-state index is 12.8. The summed E-state index contributed by atoms with van der Waals surface area (Å²) in [7, 11) is -3.88. The second-order valence-corrected chi connectivity index (χ2v) is 9.27. The molecule has 3 N–H and O–H groups in total. The van der Waals surface area contributed by atoms with Gasteiger partial charge in [-0.15, -0.1) is 0 Å². The average Bonchev–Trinajstić information content (AvgIpc) is 3.14. The van der Waals surface area contributed by atoms with Crippen molar-refractivity contribution in [1.29, 1.82) is 0 Å². The predicted octanol–water partition coefficient (Wildman–Crippen LogP) is 2.18. The topological polar surface area (TPSA) is 107 Å². The first-order valence-electron chi connectivity index (χ1n) is 10.1. The van der Waals surface area contributed by atoms with Gasteiger partial charge in [-0.2, -0.15) is 0 Å². The number of nitrogens with two attached hydrogens (primary N) is 1. The summed E-state index contributed by atoms with van der Waals surface area (Å²) in [5.41, 5.74) is 2.68. The van der Waals surface area contributed by atoms with Gasteiger partial charge in [0.05, 0.1) is 18.1 Å². The van der Waals surface area contributed by atoms with E-state index in [0.717, 1.165) is 50.3 Å². The molecule has 8 nitrogen and oxygen atoms in total. The van der Waals surface area contributed by atoms with Crippen LogP contribution < -0.4 is 10.5 Å². The van der Waals surface area contributed by atoms with Crippen LogP contribution in [0.2, 0.25) is 0 Å². The molecule has 2 aromatic carbocycles. The summed E-state index contributed by atoms with van der Waals surface area (Å²) < 4.78 is 30.8. The van der Waals surface area contributed by atoms with Crippen molar-refractivity contribution >= 4 is 32.5 Å². The molecule has 31 heavy (non-hydrogen) atoms. The molecule has 1 amide bonds. The van der Waals surface area contributed by atoms with Gasteiger partial charge in [0.25, 0.3) is 5.91 Å². The Morgan fingerprint density at radius 3 is 2.61 bits per heavy atom. The van der Waals surface area contributed by atoms with Crippen molar-refractivity contribution in [2.75, 3.05) is 38.2 Å². The van der Waals surface area contributed by atoms with Crippen molar-refractivity contribution in [2.45, 2.75) is 18.4 Å². The summed E-state index contributed by atoms with van der Waals surface area (Å²) in [5, 5.41) is 9.07. The number of fused-ring (bicyclic) bond motifs is 1. The fourth-order valence-electron chi connectivity index (χ4n) is 3.77. The second kappa shape index (κ2) is 8.80. The standard InChI is InChI=1S/C22H26N4O4S/c1-16-2-4-19(31(23,28)29)15-20(16)22(27)24-18-3-5-21-17(14-18)6-7-26(21)9-8-25-10-12-30-13-11-25/h2-7,14-15H,8-13H2,1H3,(H,24,27)(H2,23,28,29). The van der Waals surface area contributed by atoms with Crippen molar-refractivity contribution in [1.82, 2.24) is 9.47 Å². The summed E-state index contributed by atoms with van der Waals surface area (Å²) in [5.74, 6) is -0.380. The zero-order valence-electron chi connectivity index (χ0n) is 17.4. The molecule has 3 aromatic rings. The van der Waals surface area contributed by atoms with E-state index in [1.807, 2.05) is 24.3 Å². The van der Waals surface area contributed by atoms with Gasteiger partial charge in [-0.05, 0) is 48.9 Å². The highest BCUT2D eigenvalue weighted by molar-refractivity contribution is 7.89. The van der Waals surface area contributed by atoms with Crippen LogP contribution in [0.3, 0.4) is 0 Å². The predicted molar refractivity (Wildman–Crippen MR) is 120 cm³/mol. The Labute approximate surface area is 181 Å². The molecule has 0 radical (unpaired) electrons. The minimum Gasteiger partial charge on any atom is -0.379 e. The van der Waals surface area contributed by atoms with E-state index in [1.54, 1.807) is 13.0 Å². The molecule has 0 aliphatic carbocycles. The van der Waals surface area contributed by atoms with Crippen LogP contribution in [0, 0.1) is 6.92 Å². The molecule has 4 rings (SSSR count). The Bertz CT molecular complexity index is 1210. The van der Waals surface area contributed by atoms with E-state index in [4.69, 9.17) is 9.88 Å². The van der Waals surface area contributed by atoms with Gasteiger partial charge in [-0.3, -0.25) is 9.69 Å². The highest BCUT2D eigenvalue weighted by atomic mass is 32.2. The fourth-order valence-corrected chi connectivity index (χ4v) is 4.31. The van der Waals surface area contributed by atoms with Crippen molar-refractivity contribution < 1.29 is 17.9 Å². The van der Waals surface area contributed by atoms with Gasteiger partial charge in [-0.25, -0.2) is 13.6 Å². The minimum absolute atomic E-state index is 0.0870. The normalized spacial score (nSPS) is 15.3. The third kappa shape index (κ3) is 4.96. The quantitative estimate of drug-likeness (QED) is 0.609. The van der Waals surface area contributed by atoms with Crippen LogP contribution in [0.4, 0.5) is 5.69 Å². The Hall–Kier alpha value is -2.72. The lowest BCUT2D eigenvalue weighted by Crippen LogP contribution is -2.38. The second-order valence-electron chi connectivity index (χ2n) is 7.71. The van der Waals surface area contributed by atoms with Crippen molar-refractivity contribution in [2.24, 2.45) is 5.14 Å².